The predicted molar refractivity (Wildman–Crippen MR) is 87.8 cm³/mol. The third kappa shape index (κ3) is 3.48. The molecule has 3 rings (SSSR count). The summed E-state index contributed by atoms with van der Waals surface area (Å²) in [5.74, 6) is 0.770. The summed E-state index contributed by atoms with van der Waals surface area (Å²) >= 11 is 3.27. The summed E-state index contributed by atoms with van der Waals surface area (Å²) in [6, 6.07) is 8.04. The molecule has 1 aromatic carbocycles. The van der Waals surface area contributed by atoms with Crippen LogP contribution in [0.15, 0.2) is 35.6 Å². The number of rotatable bonds is 6. The highest BCUT2D eigenvalue weighted by molar-refractivity contribution is 7.98. The molecule has 0 saturated heterocycles. The molecule has 2 heterocycles. The highest BCUT2D eigenvalue weighted by Gasteiger charge is 2.07. The minimum absolute atomic E-state index is 0.770. The van der Waals surface area contributed by atoms with Gasteiger partial charge in [0.25, 0.3) is 0 Å². The molecule has 1 N–H and O–H groups in total. The number of benzene rings is 1. The zero-order valence-electron chi connectivity index (χ0n) is 11.6. The van der Waals surface area contributed by atoms with Crippen molar-refractivity contribution in [2.75, 3.05) is 11.9 Å². The second-order valence-electron chi connectivity index (χ2n) is 4.41. The van der Waals surface area contributed by atoms with Crippen molar-refractivity contribution in [3.8, 4) is 0 Å². The van der Waals surface area contributed by atoms with E-state index in [-0.39, 0.29) is 0 Å². The van der Waals surface area contributed by atoms with Crippen molar-refractivity contribution in [1.82, 2.24) is 20.2 Å². The molecule has 0 saturated carbocycles. The molecule has 0 unspecified atom stereocenters. The lowest BCUT2D eigenvalue weighted by Gasteiger charge is -2.02. The second kappa shape index (κ2) is 6.82. The lowest BCUT2D eigenvalue weighted by molar-refractivity contribution is 0.958. The van der Waals surface area contributed by atoms with Gasteiger partial charge in [-0.15, -0.1) is 10.2 Å². The first-order valence-corrected chi connectivity index (χ1v) is 8.56. The van der Waals surface area contributed by atoms with Crippen LogP contribution in [-0.4, -0.2) is 26.7 Å². The molecule has 0 aliphatic heterocycles. The average Bonchev–Trinajstić information content (AvgIpc) is 2.99. The van der Waals surface area contributed by atoms with E-state index in [1.807, 2.05) is 24.3 Å². The first-order chi connectivity index (χ1) is 10.4. The number of anilines is 1. The number of para-hydroxylation sites is 1. The van der Waals surface area contributed by atoms with Crippen molar-refractivity contribution in [2.24, 2.45) is 0 Å². The van der Waals surface area contributed by atoms with Crippen LogP contribution in [0.25, 0.3) is 10.9 Å². The zero-order chi connectivity index (χ0) is 14.5. The quantitative estimate of drug-likeness (QED) is 0.553. The van der Waals surface area contributed by atoms with Crippen LogP contribution in [0, 0.1) is 0 Å². The van der Waals surface area contributed by atoms with E-state index in [1.165, 1.54) is 0 Å². The molecular weight excluding hydrogens is 302 g/mol. The van der Waals surface area contributed by atoms with Crippen molar-refractivity contribution >= 4 is 39.1 Å². The molecule has 0 bridgehead atoms. The average molecular weight is 317 g/mol. The van der Waals surface area contributed by atoms with Gasteiger partial charge in [-0.05, 0) is 12.5 Å². The summed E-state index contributed by atoms with van der Waals surface area (Å²) in [7, 11) is 0. The van der Waals surface area contributed by atoms with Crippen molar-refractivity contribution in [1.29, 1.82) is 0 Å². The van der Waals surface area contributed by atoms with Crippen LogP contribution in [0.1, 0.15) is 18.4 Å². The van der Waals surface area contributed by atoms with E-state index >= 15 is 0 Å². The number of hydrogen-bond acceptors (Lipinski definition) is 7. The molecule has 0 atom stereocenters. The minimum Gasteiger partial charge on any atom is -0.360 e. The molecule has 0 spiro atoms. The highest BCUT2D eigenvalue weighted by atomic mass is 32.2. The van der Waals surface area contributed by atoms with Gasteiger partial charge in [0.2, 0.25) is 5.13 Å². The Morgan fingerprint density at radius 1 is 1.19 bits per heavy atom. The summed E-state index contributed by atoms with van der Waals surface area (Å²) in [5, 5.41) is 15.6. The maximum absolute atomic E-state index is 4.37. The molecule has 21 heavy (non-hydrogen) atoms. The van der Waals surface area contributed by atoms with E-state index in [0.717, 1.165) is 44.8 Å². The molecular formula is C14H15N5S2. The smallest absolute Gasteiger partial charge is 0.205 e. The number of hydrogen-bond donors (Lipinski definition) is 1. The monoisotopic (exact) mass is 317 g/mol. The Labute approximate surface area is 131 Å². The van der Waals surface area contributed by atoms with Crippen LogP contribution < -0.4 is 5.32 Å². The van der Waals surface area contributed by atoms with Crippen molar-refractivity contribution < 1.29 is 0 Å². The molecule has 0 amide bonds. The lowest BCUT2D eigenvalue weighted by atomic mass is 10.2. The van der Waals surface area contributed by atoms with E-state index in [1.54, 1.807) is 29.4 Å². The van der Waals surface area contributed by atoms with E-state index in [4.69, 9.17) is 0 Å². The van der Waals surface area contributed by atoms with Gasteiger partial charge in [-0.2, -0.15) is 0 Å². The summed E-state index contributed by atoms with van der Waals surface area (Å²) in [6.45, 7) is 3.06. The Kier molecular flexibility index (Phi) is 4.62. The number of aromatic nitrogens is 4. The Morgan fingerprint density at radius 2 is 2.10 bits per heavy atom. The molecule has 108 valence electrons. The van der Waals surface area contributed by atoms with Gasteiger partial charge in [0.05, 0.1) is 11.3 Å². The Bertz CT molecular complexity index is 723. The van der Waals surface area contributed by atoms with Gasteiger partial charge in [-0.25, -0.2) is 9.97 Å². The van der Waals surface area contributed by atoms with Gasteiger partial charge in [0, 0.05) is 11.9 Å². The number of fused-ring (bicyclic) bond motifs is 1. The van der Waals surface area contributed by atoms with Gasteiger partial charge in [-0.3, -0.25) is 0 Å². The zero-order valence-corrected chi connectivity index (χ0v) is 13.2. The molecule has 0 fully saturated rings. The molecule has 3 aromatic rings. The summed E-state index contributed by atoms with van der Waals surface area (Å²) in [5.41, 5.74) is 0.970. The number of nitrogens with one attached hydrogen (secondary N) is 1. The molecule has 0 aliphatic rings. The Balaban J connectivity index is 1.70. The fourth-order valence-corrected chi connectivity index (χ4v) is 3.58. The molecule has 0 radical (unpaired) electrons. The van der Waals surface area contributed by atoms with Crippen LogP contribution >= 0.6 is 23.1 Å². The van der Waals surface area contributed by atoms with E-state index in [2.05, 4.69) is 32.4 Å². The maximum Gasteiger partial charge on any atom is 0.205 e. The van der Waals surface area contributed by atoms with Gasteiger partial charge in [-0.1, -0.05) is 48.2 Å². The van der Waals surface area contributed by atoms with Crippen molar-refractivity contribution in [3.63, 3.8) is 0 Å². The lowest BCUT2D eigenvalue weighted by Crippen LogP contribution is -1.98. The maximum atomic E-state index is 4.37. The van der Waals surface area contributed by atoms with Crippen LogP contribution in [-0.2, 0) is 5.75 Å². The fourth-order valence-electron chi connectivity index (χ4n) is 1.84. The van der Waals surface area contributed by atoms with Gasteiger partial charge >= 0.3 is 0 Å². The standard InChI is InChI=1S/C14H15N5S2/c1-2-7-15-14-19-18-12(21-14)8-20-13-10-5-3-4-6-11(10)16-9-17-13/h3-6,9H,2,7-8H2,1H3,(H,15,19). The SMILES string of the molecule is CCCNc1nnc(CSc2ncnc3ccccc23)s1. The summed E-state index contributed by atoms with van der Waals surface area (Å²) in [6.07, 6.45) is 2.69. The fraction of sp³-hybridized carbons (Fsp3) is 0.286. The first kappa shape index (κ1) is 14.2. The topological polar surface area (TPSA) is 63.6 Å². The third-order valence-electron chi connectivity index (χ3n) is 2.83. The second-order valence-corrected chi connectivity index (χ2v) is 6.44. The van der Waals surface area contributed by atoms with Gasteiger partial charge in [0.15, 0.2) is 0 Å². The first-order valence-electron chi connectivity index (χ1n) is 6.75. The van der Waals surface area contributed by atoms with Crippen LogP contribution in [0.3, 0.4) is 0 Å². The normalized spacial score (nSPS) is 10.9. The minimum atomic E-state index is 0.770. The largest absolute Gasteiger partial charge is 0.360 e. The van der Waals surface area contributed by atoms with Crippen LogP contribution in [0.2, 0.25) is 0 Å². The molecule has 2 aromatic heterocycles. The molecule has 5 nitrogen and oxygen atoms in total. The van der Waals surface area contributed by atoms with E-state index in [0.29, 0.717) is 0 Å². The number of nitrogens with zero attached hydrogens (tertiary/aromatic N) is 4. The summed E-state index contributed by atoms with van der Waals surface area (Å²) < 4.78 is 0. The number of thioether (sulfide) groups is 1. The van der Waals surface area contributed by atoms with Gasteiger partial charge in [0.1, 0.15) is 16.4 Å². The predicted octanol–water partition coefficient (Wildman–Crippen LogP) is 3.60. The highest BCUT2D eigenvalue weighted by Crippen LogP contribution is 2.28. The molecule has 0 aliphatic carbocycles. The molecule has 7 heteroatoms. The van der Waals surface area contributed by atoms with E-state index in [9.17, 15) is 0 Å². The van der Waals surface area contributed by atoms with Crippen LogP contribution in [0.4, 0.5) is 5.13 Å². The van der Waals surface area contributed by atoms with Crippen molar-refractivity contribution in [3.05, 3.63) is 35.6 Å². The Hall–Kier alpha value is -1.73. The summed E-state index contributed by atoms with van der Waals surface area (Å²) in [4.78, 5) is 8.65. The van der Waals surface area contributed by atoms with Crippen LogP contribution in [0.5, 0.6) is 0 Å². The Morgan fingerprint density at radius 3 is 3.00 bits per heavy atom. The van der Waals surface area contributed by atoms with Crippen molar-refractivity contribution in [2.45, 2.75) is 24.1 Å². The van der Waals surface area contributed by atoms with E-state index < -0.39 is 0 Å². The van der Waals surface area contributed by atoms with Gasteiger partial charge < -0.3 is 5.32 Å². The third-order valence-corrected chi connectivity index (χ3v) is 4.91.